The number of fused-ring (bicyclic) bond motifs is 5. The van der Waals surface area contributed by atoms with Gasteiger partial charge in [-0.25, -0.2) is 0 Å². The number of hydrogen-bond acceptors (Lipinski definition) is 3. The summed E-state index contributed by atoms with van der Waals surface area (Å²) in [6, 6.07) is 0. The summed E-state index contributed by atoms with van der Waals surface area (Å²) in [4.78, 5) is 0. The van der Waals surface area contributed by atoms with Gasteiger partial charge in [0.25, 0.3) is 0 Å². The predicted octanol–water partition coefficient (Wildman–Crippen LogP) is 8.86. The van der Waals surface area contributed by atoms with Gasteiger partial charge in [0.1, 0.15) is 5.76 Å². The molecule has 0 saturated heterocycles. The molecule has 6 heteroatoms. The molecule has 3 nitrogen and oxygen atoms in total. The van der Waals surface area contributed by atoms with Gasteiger partial charge in [0.05, 0.1) is 11.4 Å². The first-order valence-electron chi connectivity index (χ1n) is 14.0. The van der Waals surface area contributed by atoms with E-state index >= 15 is 0 Å². The molecule has 0 aliphatic heterocycles. The summed E-state index contributed by atoms with van der Waals surface area (Å²) in [5.41, 5.74) is 1.66. The molecule has 0 aromatic heterocycles. The standard InChI is InChI=1S/C29H52O3Si3/c1-27-16-13-21(30-33(4,5)6)19-25(27)26(31-34(7,8)9)20-22-23(27)14-17-28(2)24(22)15-18-29(28,3)32-35(10,11)12/h13,16,19,22-24H,14-15,17-18,20H2,1-12H3/t22?,23?,24?,27?,28?,29-/m0/s1. The van der Waals surface area contributed by atoms with Crippen LogP contribution in [0.15, 0.2) is 35.3 Å². The Morgan fingerprint density at radius 1 is 0.771 bits per heavy atom. The van der Waals surface area contributed by atoms with Crippen LogP contribution in [0.4, 0.5) is 0 Å². The molecule has 198 valence electrons. The van der Waals surface area contributed by atoms with Gasteiger partial charge in [-0.05, 0) is 127 Å². The van der Waals surface area contributed by atoms with Crippen LogP contribution in [0, 0.1) is 28.6 Å². The van der Waals surface area contributed by atoms with Crippen molar-refractivity contribution in [3.05, 3.63) is 35.3 Å². The van der Waals surface area contributed by atoms with E-state index in [-0.39, 0.29) is 16.4 Å². The highest BCUT2D eigenvalue weighted by Crippen LogP contribution is 2.68. The fraction of sp³-hybridized carbons (Fsp3) is 0.793. The third-order valence-electron chi connectivity index (χ3n) is 9.30. The molecule has 2 fully saturated rings. The second-order valence-electron chi connectivity index (χ2n) is 15.4. The first-order valence-corrected chi connectivity index (χ1v) is 24.2. The van der Waals surface area contributed by atoms with Crippen molar-refractivity contribution in [2.24, 2.45) is 28.6 Å². The molecular weight excluding hydrogens is 481 g/mol. The van der Waals surface area contributed by atoms with Gasteiger partial charge in [-0.15, -0.1) is 0 Å². The first-order chi connectivity index (χ1) is 15.8. The van der Waals surface area contributed by atoms with Crippen molar-refractivity contribution >= 4 is 25.0 Å². The van der Waals surface area contributed by atoms with Gasteiger partial charge in [0.2, 0.25) is 16.6 Å². The van der Waals surface area contributed by atoms with E-state index in [4.69, 9.17) is 13.3 Å². The van der Waals surface area contributed by atoms with Crippen molar-refractivity contribution in [2.75, 3.05) is 0 Å². The SMILES string of the molecule is CC12C=CC(O[Si](C)(C)C)=CC1=C(O[Si](C)(C)C)CC1C2CCC2(C)C1CC[C@]2(C)O[Si](C)(C)C. The topological polar surface area (TPSA) is 27.7 Å². The number of allylic oxidation sites excluding steroid dienone is 5. The Labute approximate surface area is 219 Å². The van der Waals surface area contributed by atoms with Crippen LogP contribution in [0.25, 0.3) is 0 Å². The lowest BCUT2D eigenvalue weighted by molar-refractivity contribution is -0.0995. The highest BCUT2D eigenvalue weighted by molar-refractivity contribution is 6.70. The molecule has 5 unspecified atom stereocenters. The zero-order valence-corrected chi connectivity index (χ0v) is 27.7. The Morgan fingerprint density at radius 2 is 1.37 bits per heavy atom. The molecule has 0 spiro atoms. The van der Waals surface area contributed by atoms with Crippen molar-refractivity contribution in [3.63, 3.8) is 0 Å². The Kier molecular flexibility index (Phi) is 6.65. The molecule has 4 rings (SSSR count). The highest BCUT2D eigenvalue weighted by atomic mass is 28.4. The second kappa shape index (κ2) is 8.47. The molecule has 0 N–H and O–H groups in total. The van der Waals surface area contributed by atoms with E-state index < -0.39 is 25.0 Å². The summed E-state index contributed by atoms with van der Waals surface area (Å²) in [7, 11) is -5.07. The van der Waals surface area contributed by atoms with E-state index in [2.05, 4.69) is 97.9 Å². The Hall–Kier alpha value is -0.569. The van der Waals surface area contributed by atoms with E-state index in [9.17, 15) is 0 Å². The molecule has 0 aromatic carbocycles. The fourth-order valence-corrected chi connectivity index (χ4v) is 11.4. The monoisotopic (exact) mass is 532 g/mol. The van der Waals surface area contributed by atoms with Gasteiger partial charge in [0, 0.05) is 17.4 Å². The lowest BCUT2D eigenvalue weighted by atomic mass is 9.48. The first kappa shape index (κ1) is 27.5. The third-order valence-corrected chi connectivity index (χ3v) is 12.1. The molecule has 0 amide bonds. The molecule has 0 aromatic rings. The molecule has 6 atom stereocenters. The van der Waals surface area contributed by atoms with Gasteiger partial charge in [0.15, 0.2) is 8.32 Å². The van der Waals surface area contributed by atoms with Crippen molar-refractivity contribution in [2.45, 2.75) is 117 Å². The quantitative estimate of drug-likeness (QED) is 0.320. The van der Waals surface area contributed by atoms with Gasteiger partial charge >= 0.3 is 0 Å². The Balaban J connectivity index is 1.76. The predicted molar refractivity (Wildman–Crippen MR) is 156 cm³/mol. The lowest BCUT2D eigenvalue weighted by Crippen LogP contribution is -2.56. The fourth-order valence-electron chi connectivity index (χ4n) is 7.99. The average molecular weight is 533 g/mol. The minimum absolute atomic E-state index is 0.00153. The maximum Gasteiger partial charge on any atom is 0.242 e. The largest absolute Gasteiger partial charge is 0.547 e. The minimum atomic E-state index is -1.75. The molecular formula is C29H52O3Si3. The van der Waals surface area contributed by atoms with Crippen molar-refractivity contribution in [1.29, 1.82) is 0 Å². The van der Waals surface area contributed by atoms with E-state index in [0.29, 0.717) is 17.8 Å². The van der Waals surface area contributed by atoms with E-state index in [0.717, 1.165) is 12.2 Å². The third kappa shape index (κ3) is 5.11. The van der Waals surface area contributed by atoms with Crippen LogP contribution in [0.5, 0.6) is 0 Å². The second-order valence-corrected chi connectivity index (χ2v) is 28.7. The number of hydrogen-bond donors (Lipinski definition) is 0. The molecule has 4 aliphatic rings. The van der Waals surface area contributed by atoms with Gasteiger partial charge in [-0.1, -0.05) is 19.9 Å². The average Bonchev–Trinajstić information content (AvgIpc) is 2.90. The van der Waals surface area contributed by atoms with Gasteiger partial charge in [-0.2, -0.15) is 0 Å². The van der Waals surface area contributed by atoms with E-state index in [1.807, 2.05) is 0 Å². The number of rotatable bonds is 6. The molecule has 2 saturated carbocycles. The molecule has 4 aliphatic carbocycles. The normalized spacial score (nSPS) is 39.5. The van der Waals surface area contributed by atoms with Crippen molar-refractivity contribution in [3.8, 4) is 0 Å². The molecule has 0 radical (unpaired) electrons. The summed E-state index contributed by atoms with van der Waals surface area (Å²) in [6.45, 7) is 28.3. The lowest BCUT2D eigenvalue weighted by Gasteiger charge is -2.59. The van der Waals surface area contributed by atoms with Crippen LogP contribution >= 0.6 is 0 Å². The van der Waals surface area contributed by atoms with Crippen LogP contribution < -0.4 is 0 Å². The zero-order chi connectivity index (χ0) is 26.2. The van der Waals surface area contributed by atoms with E-state index in [1.54, 1.807) is 0 Å². The molecule has 0 heterocycles. The van der Waals surface area contributed by atoms with Crippen molar-refractivity contribution < 1.29 is 13.3 Å². The van der Waals surface area contributed by atoms with Crippen LogP contribution in [0.3, 0.4) is 0 Å². The van der Waals surface area contributed by atoms with Crippen LogP contribution in [0.1, 0.15) is 52.9 Å². The highest BCUT2D eigenvalue weighted by Gasteiger charge is 2.64. The summed E-state index contributed by atoms with van der Waals surface area (Å²) in [5.74, 6) is 4.29. The van der Waals surface area contributed by atoms with Crippen molar-refractivity contribution in [1.82, 2.24) is 0 Å². The Morgan fingerprint density at radius 3 is 1.94 bits per heavy atom. The molecule has 0 bridgehead atoms. The van der Waals surface area contributed by atoms with Crippen LogP contribution in [-0.4, -0.2) is 30.6 Å². The van der Waals surface area contributed by atoms with Crippen LogP contribution in [-0.2, 0) is 13.3 Å². The summed E-state index contributed by atoms with van der Waals surface area (Å²) >= 11 is 0. The maximum absolute atomic E-state index is 7.00. The molecule has 35 heavy (non-hydrogen) atoms. The zero-order valence-electron chi connectivity index (χ0n) is 24.7. The van der Waals surface area contributed by atoms with Gasteiger partial charge < -0.3 is 13.3 Å². The summed E-state index contributed by atoms with van der Waals surface area (Å²) in [6.07, 6.45) is 13.2. The smallest absolute Gasteiger partial charge is 0.242 e. The minimum Gasteiger partial charge on any atom is -0.547 e. The summed E-state index contributed by atoms with van der Waals surface area (Å²) in [5, 5.41) is 0. The van der Waals surface area contributed by atoms with Gasteiger partial charge in [-0.3, -0.25) is 0 Å². The van der Waals surface area contributed by atoms with E-state index in [1.165, 1.54) is 37.0 Å². The Bertz CT molecular complexity index is 948. The summed E-state index contributed by atoms with van der Waals surface area (Å²) < 4.78 is 20.4. The van der Waals surface area contributed by atoms with Crippen LogP contribution in [0.2, 0.25) is 58.9 Å². The maximum atomic E-state index is 7.00.